The van der Waals surface area contributed by atoms with E-state index in [1.54, 1.807) is 6.07 Å². The minimum Gasteiger partial charge on any atom is -0.398 e. The maximum atomic E-state index is 8.81. The molecule has 4 nitrogen and oxygen atoms in total. The number of rotatable bonds is 2. The molecule has 1 fully saturated rings. The Labute approximate surface area is 102 Å². The van der Waals surface area contributed by atoms with Crippen LogP contribution in [0.2, 0.25) is 0 Å². The molecular formula is C13H18N4. The summed E-state index contributed by atoms with van der Waals surface area (Å²) >= 11 is 0. The van der Waals surface area contributed by atoms with Gasteiger partial charge >= 0.3 is 0 Å². The molecule has 0 radical (unpaired) electrons. The number of nitriles is 1. The Morgan fingerprint density at radius 3 is 3.00 bits per heavy atom. The molecule has 1 aromatic rings. The number of hydrogen-bond acceptors (Lipinski definition) is 4. The van der Waals surface area contributed by atoms with Crippen molar-refractivity contribution in [3.05, 3.63) is 23.8 Å². The maximum absolute atomic E-state index is 8.81. The molecule has 1 saturated heterocycles. The van der Waals surface area contributed by atoms with Crippen molar-refractivity contribution in [1.82, 2.24) is 4.90 Å². The van der Waals surface area contributed by atoms with Crippen molar-refractivity contribution in [2.45, 2.75) is 18.9 Å². The first kappa shape index (κ1) is 11.7. The summed E-state index contributed by atoms with van der Waals surface area (Å²) in [7, 11) is 2.14. The first-order chi connectivity index (χ1) is 8.19. The second kappa shape index (κ2) is 5.07. The second-order valence-electron chi connectivity index (χ2n) is 4.66. The van der Waals surface area contributed by atoms with Gasteiger partial charge < -0.3 is 16.0 Å². The van der Waals surface area contributed by atoms with Crippen LogP contribution in [0.15, 0.2) is 18.2 Å². The number of nitrogens with two attached hydrogens (primary N) is 1. The topological polar surface area (TPSA) is 65.1 Å². The SMILES string of the molecule is CN1CCCC(Nc2ccc(C#N)c(N)c2)C1. The van der Waals surface area contributed by atoms with E-state index < -0.39 is 0 Å². The molecule has 1 aromatic carbocycles. The molecule has 0 aliphatic carbocycles. The molecule has 0 bridgehead atoms. The predicted molar refractivity (Wildman–Crippen MR) is 69.7 cm³/mol. The molecule has 1 atom stereocenters. The summed E-state index contributed by atoms with van der Waals surface area (Å²) in [6, 6.07) is 8.07. The minimum absolute atomic E-state index is 0.473. The molecule has 17 heavy (non-hydrogen) atoms. The third-order valence-corrected chi connectivity index (χ3v) is 3.17. The highest BCUT2D eigenvalue weighted by molar-refractivity contribution is 5.62. The fourth-order valence-electron chi connectivity index (χ4n) is 2.27. The Morgan fingerprint density at radius 2 is 2.35 bits per heavy atom. The summed E-state index contributed by atoms with van der Waals surface area (Å²) in [6.07, 6.45) is 2.41. The first-order valence-corrected chi connectivity index (χ1v) is 5.94. The van der Waals surface area contributed by atoms with Gasteiger partial charge in [-0.05, 0) is 44.6 Å². The zero-order valence-electron chi connectivity index (χ0n) is 10.1. The molecule has 90 valence electrons. The number of likely N-dealkylation sites (tertiary alicyclic amines) is 1. The number of anilines is 2. The van der Waals surface area contributed by atoms with E-state index in [0.717, 1.165) is 12.2 Å². The number of hydrogen-bond donors (Lipinski definition) is 2. The quantitative estimate of drug-likeness (QED) is 0.758. The van der Waals surface area contributed by atoms with Gasteiger partial charge in [-0.25, -0.2) is 0 Å². The summed E-state index contributed by atoms with van der Waals surface area (Å²) in [6.45, 7) is 2.23. The van der Waals surface area contributed by atoms with Crippen LogP contribution in [-0.2, 0) is 0 Å². The lowest BCUT2D eigenvalue weighted by Crippen LogP contribution is -2.39. The number of likely N-dealkylation sites (N-methyl/N-ethyl adjacent to an activating group) is 1. The third kappa shape index (κ3) is 2.89. The van der Waals surface area contributed by atoms with Crippen molar-refractivity contribution in [2.24, 2.45) is 0 Å². The molecule has 0 amide bonds. The van der Waals surface area contributed by atoms with Crippen molar-refractivity contribution in [1.29, 1.82) is 5.26 Å². The number of nitrogens with one attached hydrogen (secondary N) is 1. The van der Waals surface area contributed by atoms with Crippen molar-refractivity contribution in [2.75, 3.05) is 31.2 Å². The zero-order chi connectivity index (χ0) is 12.3. The standard InChI is InChI=1S/C13H18N4/c1-17-6-2-3-12(9-17)16-11-5-4-10(8-14)13(15)7-11/h4-5,7,12,16H,2-3,6,9,15H2,1H3. The van der Waals surface area contributed by atoms with Crippen LogP contribution in [0.4, 0.5) is 11.4 Å². The van der Waals surface area contributed by atoms with Crippen LogP contribution < -0.4 is 11.1 Å². The molecule has 1 aliphatic heterocycles. The van der Waals surface area contributed by atoms with Crippen molar-refractivity contribution < 1.29 is 0 Å². The molecule has 1 unspecified atom stereocenters. The van der Waals surface area contributed by atoms with Crippen molar-refractivity contribution in [3.8, 4) is 6.07 Å². The van der Waals surface area contributed by atoms with Crippen molar-refractivity contribution in [3.63, 3.8) is 0 Å². The van der Waals surface area contributed by atoms with E-state index in [4.69, 9.17) is 11.0 Å². The molecule has 3 N–H and O–H groups in total. The van der Waals surface area contributed by atoms with Gasteiger partial charge in [-0.2, -0.15) is 5.26 Å². The van der Waals surface area contributed by atoms with Gasteiger partial charge in [0.2, 0.25) is 0 Å². The van der Waals surface area contributed by atoms with Crippen LogP contribution in [0.5, 0.6) is 0 Å². The van der Waals surface area contributed by atoms with Gasteiger partial charge in [0.15, 0.2) is 0 Å². The highest BCUT2D eigenvalue weighted by Gasteiger charge is 2.16. The number of nitrogen functional groups attached to an aromatic ring is 1. The van der Waals surface area contributed by atoms with E-state index in [0.29, 0.717) is 17.3 Å². The smallest absolute Gasteiger partial charge is 0.101 e. The second-order valence-corrected chi connectivity index (χ2v) is 4.66. The van der Waals surface area contributed by atoms with E-state index >= 15 is 0 Å². The molecule has 0 saturated carbocycles. The van der Waals surface area contributed by atoms with Crippen LogP contribution in [0.25, 0.3) is 0 Å². The van der Waals surface area contributed by atoms with E-state index in [1.807, 2.05) is 12.1 Å². The summed E-state index contributed by atoms with van der Waals surface area (Å²) in [5.41, 5.74) is 7.87. The number of benzene rings is 1. The predicted octanol–water partition coefficient (Wildman–Crippen LogP) is 1.65. The minimum atomic E-state index is 0.473. The number of piperidine rings is 1. The first-order valence-electron chi connectivity index (χ1n) is 5.94. The molecule has 1 heterocycles. The molecule has 2 rings (SSSR count). The Balaban J connectivity index is 2.04. The van der Waals surface area contributed by atoms with E-state index in [2.05, 4.69) is 23.3 Å². The summed E-state index contributed by atoms with van der Waals surface area (Å²) in [5, 5.41) is 12.3. The monoisotopic (exact) mass is 230 g/mol. The molecule has 0 aromatic heterocycles. The summed E-state index contributed by atoms with van der Waals surface area (Å²) in [4.78, 5) is 2.33. The van der Waals surface area contributed by atoms with Gasteiger partial charge in [0.1, 0.15) is 6.07 Å². The van der Waals surface area contributed by atoms with Gasteiger partial charge in [-0.15, -0.1) is 0 Å². The van der Waals surface area contributed by atoms with Gasteiger partial charge in [-0.3, -0.25) is 0 Å². The molecule has 0 spiro atoms. The van der Waals surface area contributed by atoms with Crippen LogP contribution >= 0.6 is 0 Å². The van der Waals surface area contributed by atoms with Crippen LogP contribution in [0.1, 0.15) is 18.4 Å². The highest BCUT2D eigenvalue weighted by atomic mass is 15.1. The van der Waals surface area contributed by atoms with Gasteiger partial charge in [-0.1, -0.05) is 0 Å². The lowest BCUT2D eigenvalue weighted by molar-refractivity contribution is 0.261. The van der Waals surface area contributed by atoms with Gasteiger partial charge in [0, 0.05) is 18.3 Å². The summed E-state index contributed by atoms with van der Waals surface area (Å²) < 4.78 is 0. The Morgan fingerprint density at radius 1 is 1.53 bits per heavy atom. The van der Waals surface area contributed by atoms with Crippen LogP contribution in [0.3, 0.4) is 0 Å². The molecule has 1 aliphatic rings. The maximum Gasteiger partial charge on any atom is 0.101 e. The van der Waals surface area contributed by atoms with Crippen LogP contribution in [-0.4, -0.2) is 31.1 Å². The van der Waals surface area contributed by atoms with Gasteiger partial charge in [0.05, 0.1) is 11.3 Å². The average Bonchev–Trinajstić information content (AvgIpc) is 2.29. The van der Waals surface area contributed by atoms with E-state index in [9.17, 15) is 0 Å². The van der Waals surface area contributed by atoms with Crippen molar-refractivity contribution >= 4 is 11.4 Å². The highest BCUT2D eigenvalue weighted by Crippen LogP contribution is 2.20. The van der Waals surface area contributed by atoms with Crippen LogP contribution in [0, 0.1) is 11.3 Å². The lowest BCUT2D eigenvalue weighted by atomic mass is 10.1. The van der Waals surface area contributed by atoms with E-state index in [-0.39, 0.29) is 0 Å². The largest absolute Gasteiger partial charge is 0.398 e. The fourth-order valence-corrected chi connectivity index (χ4v) is 2.27. The number of nitrogens with zero attached hydrogens (tertiary/aromatic N) is 2. The third-order valence-electron chi connectivity index (χ3n) is 3.17. The molecular weight excluding hydrogens is 212 g/mol. The normalized spacial score (nSPS) is 20.8. The molecule has 4 heteroatoms. The van der Waals surface area contributed by atoms with Gasteiger partial charge in [0.25, 0.3) is 0 Å². The lowest BCUT2D eigenvalue weighted by Gasteiger charge is -2.31. The average molecular weight is 230 g/mol. The zero-order valence-corrected chi connectivity index (χ0v) is 10.1. The Kier molecular flexibility index (Phi) is 3.50. The Hall–Kier alpha value is -1.73. The summed E-state index contributed by atoms with van der Waals surface area (Å²) in [5.74, 6) is 0. The fraction of sp³-hybridized carbons (Fsp3) is 0.462. The Bertz CT molecular complexity index is 436. The van der Waals surface area contributed by atoms with E-state index in [1.165, 1.54) is 19.4 Å².